The highest BCUT2D eigenvalue weighted by molar-refractivity contribution is 5.84. The Hall–Kier alpha value is -1.81. The summed E-state index contributed by atoms with van der Waals surface area (Å²) >= 11 is 0. The van der Waals surface area contributed by atoms with Gasteiger partial charge in [-0.3, -0.25) is 4.79 Å². The first kappa shape index (κ1) is 11.3. The smallest absolute Gasteiger partial charge is 0.250 e. The summed E-state index contributed by atoms with van der Waals surface area (Å²) in [5, 5.41) is 1.92. The molecular formula is C14H17N3O. The Kier molecular flexibility index (Phi) is 2.59. The quantitative estimate of drug-likeness (QED) is 0.813. The Morgan fingerprint density at radius 3 is 2.67 bits per heavy atom. The lowest BCUT2D eigenvalue weighted by atomic mass is 10.00. The van der Waals surface area contributed by atoms with Crippen LogP contribution in [-0.2, 0) is 4.79 Å². The zero-order valence-corrected chi connectivity index (χ0v) is 10.6. The Bertz CT molecular complexity index is 494. The molecule has 4 nitrogen and oxygen atoms in total. The van der Waals surface area contributed by atoms with Crippen LogP contribution < -0.4 is 5.43 Å². The molecule has 0 saturated carbocycles. The van der Waals surface area contributed by atoms with Crippen LogP contribution in [0.5, 0.6) is 0 Å². The molecule has 0 aliphatic carbocycles. The number of aryl methyl sites for hydroxylation is 1. The first-order valence-electron chi connectivity index (χ1n) is 6.21. The molecule has 1 aromatic rings. The van der Waals surface area contributed by atoms with E-state index in [0.29, 0.717) is 0 Å². The highest BCUT2D eigenvalue weighted by atomic mass is 16.2. The van der Waals surface area contributed by atoms with Crippen LogP contribution in [0.3, 0.4) is 0 Å². The molecule has 1 N–H and O–H groups in total. The Morgan fingerprint density at radius 1 is 1.22 bits per heavy atom. The van der Waals surface area contributed by atoms with Crippen LogP contribution in [0.4, 0.5) is 0 Å². The zero-order chi connectivity index (χ0) is 12.7. The van der Waals surface area contributed by atoms with Gasteiger partial charge in [-0.25, -0.2) is 5.43 Å². The van der Waals surface area contributed by atoms with Gasteiger partial charge in [-0.05, 0) is 18.9 Å². The largest absolute Gasteiger partial charge is 0.319 e. The number of likely N-dealkylation sites (N-methyl/N-ethyl adjacent to an activating group) is 1. The molecule has 94 valence electrons. The number of fused-ring (bicyclic) bond motifs is 1. The van der Waals surface area contributed by atoms with E-state index in [9.17, 15) is 4.79 Å². The lowest BCUT2D eigenvalue weighted by Crippen LogP contribution is -2.46. The number of nitrogens with one attached hydrogen (secondary N) is 1. The molecule has 1 amide bonds. The normalized spacial score (nSPS) is 26.7. The molecule has 1 fully saturated rings. The van der Waals surface area contributed by atoms with Crippen LogP contribution in [-0.4, -0.2) is 28.9 Å². The lowest BCUT2D eigenvalue weighted by Gasteiger charge is -2.29. The molecule has 18 heavy (non-hydrogen) atoms. The van der Waals surface area contributed by atoms with Gasteiger partial charge in [-0.2, -0.15) is 0 Å². The summed E-state index contributed by atoms with van der Waals surface area (Å²) < 4.78 is 0. The minimum atomic E-state index is -0.0775. The maximum Gasteiger partial charge on any atom is 0.250 e. The van der Waals surface area contributed by atoms with Crippen molar-refractivity contribution in [3.05, 3.63) is 47.8 Å². The first-order chi connectivity index (χ1) is 8.65. The van der Waals surface area contributed by atoms with Crippen molar-refractivity contribution in [2.45, 2.75) is 25.4 Å². The summed E-state index contributed by atoms with van der Waals surface area (Å²) in [6.07, 6.45) is 4.54. The Balaban J connectivity index is 1.82. The predicted octanol–water partition coefficient (Wildman–Crippen LogP) is 1.56. The molecule has 4 heteroatoms. The number of carbonyl (C=O) groups is 1. The third-order valence-corrected chi connectivity index (χ3v) is 3.66. The zero-order valence-electron chi connectivity index (χ0n) is 10.6. The minimum Gasteiger partial charge on any atom is -0.319 e. The number of rotatable bonds is 1. The highest BCUT2D eigenvalue weighted by Gasteiger charge is 2.38. The second-order valence-corrected chi connectivity index (χ2v) is 5.00. The number of hydrogen-bond donors (Lipinski definition) is 1. The lowest BCUT2D eigenvalue weighted by molar-refractivity contribution is -0.133. The fourth-order valence-electron chi connectivity index (χ4n) is 2.52. The van der Waals surface area contributed by atoms with Crippen LogP contribution in [0.15, 0.2) is 36.7 Å². The average Bonchev–Trinajstić information content (AvgIpc) is 2.80. The fourth-order valence-corrected chi connectivity index (χ4v) is 2.52. The summed E-state index contributed by atoms with van der Waals surface area (Å²) in [6, 6.07) is 8.62. The van der Waals surface area contributed by atoms with E-state index in [1.54, 1.807) is 18.1 Å². The SMILES string of the molecule is Cc1ccc(C2CC3C(=O)N(C)C=CN3N2)cc1. The van der Waals surface area contributed by atoms with E-state index in [2.05, 4.69) is 36.6 Å². The van der Waals surface area contributed by atoms with Crippen molar-refractivity contribution in [3.8, 4) is 0 Å². The van der Waals surface area contributed by atoms with Gasteiger partial charge in [0.15, 0.2) is 0 Å². The minimum absolute atomic E-state index is 0.0775. The molecule has 2 aliphatic heterocycles. The predicted molar refractivity (Wildman–Crippen MR) is 69.2 cm³/mol. The second kappa shape index (κ2) is 4.14. The number of nitrogens with zero attached hydrogens (tertiary/aromatic N) is 2. The first-order valence-corrected chi connectivity index (χ1v) is 6.21. The van der Waals surface area contributed by atoms with Crippen molar-refractivity contribution in [2.24, 2.45) is 0 Å². The maximum absolute atomic E-state index is 12.0. The van der Waals surface area contributed by atoms with E-state index >= 15 is 0 Å². The number of benzene rings is 1. The van der Waals surface area contributed by atoms with E-state index in [0.717, 1.165) is 6.42 Å². The molecule has 3 rings (SSSR count). The van der Waals surface area contributed by atoms with Crippen LogP contribution >= 0.6 is 0 Å². The van der Waals surface area contributed by atoms with Crippen LogP contribution in [0.25, 0.3) is 0 Å². The summed E-state index contributed by atoms with van der Waals surface area (Å²) in [5.74, 6) is 0.152. The van der Waals surface area contributed by atoms with Gasteiger partial charge in [0.05, 0.1) is 6.04 Å². The Labute approximate surface area is 107 Å². The van der Waals surface area contributed by atoms with Gasteiger partial charge in [0, 0.05) is 19.4 Å². The van der Waals surface area contributed by atoms with Gasteiger partial charge >= 0.3 is 0 Å². The molecule has 1 saturated heterocycles. The van der Waals surface area contributed by atoms with Gasteiger partial charge in [0.25, 0.3) is 5.91 Å². The molecule has 0 spiro atoms. The summed E-state index contributed by atoms with van der Waals surface area (Å²) in [5.41, 5.74) is 5.87. The molecule has 2 unspecified atom stereocenters. The molecule has 1 aromatic carbocycles. The maximum atomic E-state index is 12.0. The van der Waals surface area contributed by atoms with Crippen molar-refractivity contribution in [2.75, 3.05) is 7.05 Å². The summed E-state index contributed by atoms with van der Waals surface area (Å²) in [7, 11) is 1.80. The molecule has 2 aliphatic rings. The van der Waals surface area contributed by atoms with E-state index < -0.39 is 0 Å². The standard InChI is InChI=1S/C14H17N3O/c1-10-3-5-11(6-4-10)12-9-13-14(18)16(2)7-8-17(13)15-12/h3-8,12-13,15H,9H2,1-2H3. The topological polar surface area (TPSA) is 35.6 Å². The highest BCUT2D eigenvalue weighted by Crippen LogP contribution is 2.30. The molecule has 0 aromatic heterocycles. The monoisotopic (exact) mass is 243 g/mol. The number of carbonyl (C=O) groups excluding carboxylic acids is 1. The van der Waals surface area contributed by atoms with Crippen molar-refractivity contribution >= 4 is 5.91 Å². The summed E-state index contributed by atoms with van der Waals surface area (Å²) in [6.45, 7) is 2.08. The third-order valence-electron chi connectivity index (χ3n) is 3.66. The molecule has 2 heterocycles. The average molecular weight is 243 g/mol. The van der Waals surface area contributed by atoms with E-state index in [1.807, 2.05) is 11.2 Å². The van der Waals surface area contributed by atoms with Gasteiger partial charge in [0.2, 0.25) is 0 Å². The molecule has 0 radical (unpaired) electrons. The van der Waals surface area contributed by atoms with Gasteiger partial charge in [0.1, 0.15) is 6.04 Å². The number of hydrazine groups is 1. The second-order valence-electron chi connectivity index (χ2n) is 5.00. The van der Waals surface area contributed by atoms with Gasteiger partial charge in [-0.15, -0.1) is 0 Å². The van der Waals surface area contributed by atoms with Crippen molar-refractivity contribution in [1.29, 1.82) is 0 Å². The number of amides is 1. The molecular weight excluding hydrogens is 226 g/mol. The third kappa shape index (κ3) is 1.78. The fraction of sp³-hybridized carbons (Fsp3) is 0.357. The Morgan fingerprint density at radius 2 is 1.94 bits per heavy atom. The van der Waals surface area contributed by atoms with Gasteiger partial charge < -0.3 is 9.91 Å². The van der Waals surface area contributed by atoms with Gasteiger partial charge in [-0.1, -0.05) is 29.8 Å². The van der Waals surface area contributed by atoms with Crippen LogP contribution in [0, 0.1) is 6.92 Å². The van der Waals surface area contributed by atoms with E-state index in [-0.39, 0.29) is 18.0 Å². The van der Waals surface area contributed by atoms with Crippen molar-refractivity contribution in [1.82, 2.24) is 15.3 Å². The number of hydrogen-bond acceptors (Lipinski definition) is 3. The van der Waals surface area contributed by atoms with Crippen LogP contribution in [0.1, 0.15) is 23.6 Å². The van der Waals surface area contributed by atoms with Crippen LogP contribution in [0.2, 0.25) is 0 Å². The van der Waals surface area contributed by atoms with E-state index in [4.69, 9.17) is 0 Å². The van der Waals surface area contributed by atoms with Crippen molar-refractivity contribution < 1.29 is 4.79 Å². The molecule has 2 atom stereocenters. The van der Waals surface area contributed by atoms with E-state index in [1.165, 1.54) is 11.1 Å². The van der Waals surface area contributed by atoms with Crippen molar-refractivity contribution in [3.63, 3.8) is 0 Å². The molecule has 0 bridgehead atoms. The summed E-state index contributed by atoms with van der Waals surface area (Å²) in [4.78, 5) is 13.7.